The number of ether oxygens (including phenoxy) is 1. The normalized spacial score (nSPS) is 15.5. The van der Waals surface area contributed by atoms with E-state index in [2.05, 4.69) is 15.6 Å². The van der Waals surface area contributed by atoms with Crippen LogP contribution in [-0.2, 0) is 30.8 Å². The predicted molar refractivity (Wildman–Crippen MR) is 123 cm³/mol. The van der Waals surface area contributed by atoms with Crippen LogP contribution in [0.4, 0.5) is 0 Å². The van der Waals surface area contributed by atoms with Crippen LogP contribution in [0.15, 0.2) is 59.6 Å². The molecular weight excluding hydrogens is 460 g/mol. The van der Waals surface area contributed by atoms with Gasteiger partial charge in [0, 0.05) is 42.2 Å². The third kappa shape index (κ3) is 4.80. The number of nitrogens with zero attached hydrogens (tertiary/aromatic N) is 1. The molecule has 0 spiro atoms. The highest BCUT2D eigenvalue weighted by atomic mass is 32.2. The van der Waals surface area contributed by atoms with Gasteiger partial charge in [0.1, 0.15) is 6.04 Å². The average Bonchev–Trinajstić information content (AvgIpc) is 3.26. The number of carbonyl (C=O) groups excluding carboxylic acids is 3. The van der Waals surface area contributed by atoms with Crippen molar-refractivity contribution in [2.45, 2.75) is 17.4 Å². The summed E-state index contributed by atoms with van der Waals surface area (Å²) < 4.78 is 31.5. The second-order valence-electron chi connectivity index (χ2n) is 7.83. The average molecular weight is 485 g/mol. The van der Waals surface area contributed by atoms with Gasteiger partial charge in [-0.1, -0.05) is 18.2 Å². The lowest BCUT2D eigenvalue weighted by molar-refractivity contribution is -0.142. The molecule has 3 aromatic rings. The van der Waals surface area contributed by atoms with Gasteiger partial charge in [-0.25, -0.2) is 13.2 Å². The minimum atomic E-state index is -3.87. The maximum atomic E-state index is 12.8. The molecule has 2 aromatic carbocycles. The Labute approximate surface area is 196 Å². The first-order chi connectivity index (χ1) is 16.3. The summed E-state index contributed by atoms with van der Waals surface area (Å²) in [5, 5.41) is 6.19. The largest absolute Gasteiger partial charge is 0.467 e. The molecule has 2 heterocycles. The van der Waals surface area contributed by atoms with Crippen LogP contribution in [0, 0.1) is 0 Å². The van der Waals surface area contributed by atoms with Crippen molar-refractivity contribution in [1.29, 1.82) is 0 Å². The van der Waals surface area contributed by atoms with Crippen molar-refractivity contribution in [2.24, 2.45) is 0 Å². The molecule has 34 heavy (non-hydrogen) atoms. The topological polar surface area (TPSA) is 138 Å². The van der Waals surface area contributed by atoms with Crippen LogP contribution in [0.1, 0.15) is 15.9 Å². The van der Waals surface area contributed by atoms with Crippen LogP contribution in [0.3, 0.4) is 0 Å². The molecule has 178 valence electrons. The minimum absolute atomic E-state index is 0.0259. The molecule has 0 radical (unpaired) electrons. The van der Waals surface area contributed by atoms with Gasteiger partial charge in [0.25, 0.3) is 5.91 Å². The molecule has 1 atom stereocenters. The van der Waals surface area contributed by atoms with E-state index in [1.165, 1.54) is 31.4 Å². The summed E-state index contributed by atoms with van der Waals surface area (Å²) in [4.78, 5) is 39.9. The molecule has 1 fully saturated rings. The maximum Gasteiger partial charge on any atom is 0.328 e. The van der Waals surface area contributed by atoms with E-state index in [9.17, 15) is 22.8 Å². The van der Waals surface area contributed by atoms with Crippen LogP contribution >= 0.6 is 0 Å². The molecule has 11 heteroatoms. The number of hydrogen-bond donors (Lipinski definition) is 3. The number of aromatic amines is 1. The van der Waals surface area contributed by atoms with Gasteiger partial charge in [0.15, 0.2) is 0 Å². The van der Waals surface area contributed by atoms with E-state index in [0.29, 0.717) is 0 Å². The molecule has 4 rings (SSSR count). The van der Waals surface area contributed by atoms with E-state index in [4.69, 9.17) is 4.74 Å². The van der Waals surface area contributed by atoms with Crippen molar-refractivity contribution in [3.05, 3.63) is 65.9 Å². The minimum Gasteiger partial charge on any atom is -0.467 e. The van der Waals surface area contributed by atoms with Crippen molar-refractivity contribution in [3.63, 3.8) is 0 Å². The number of sulfonamides is 1. The zero-order chi connectivity index (χ0) is 24.3. The van der Waals surface area contributed by atoms with E-state index >= 15 is 0 Å². The second-order valence-corrected chi connectivity index (χ2v) is 9.76. The summed E-state index contributed by atoms with van der Waals surface area (Å²) in [7, 11) is -2.62. The van der Waals surface area contributed by atoms with Gasteiger partial charge in [0.2, 0.25) is 15.9 Å². The lowest BCUT2D eigenvalue weighted by atomic mass is 10.0. The Kier molecular flexibility index (Phi) is 6.66. The highest BCUT2D eigenvalue weighted by Crippen LogP contribution is 2.20. The van der Waals surface area contributed by atoms with Gasteiger partial charge >= 0.3 is 5.97 Å². The molecule has 0 aliphatic carbocycles. The number of hydrogen-bond acceptors (Lipinski definition) is 6. The molecule has 0 bridgehead atoms. The summed E-state index contributed by atoms with van der Waals surface area (Å²) in [5.41, 5.74) is 1.94. The van der Waals surface area contributed by atoms with Crippen LogP contribution in [-0.4, -0.2) is 68.3 Å². The number of esters is 1. The number of benzene rings is 2. The van der Waals surface area contributed by atoms with Crippen LogP contribution in [0.25, 0.3) is 10.9 Å². The quantitative estimate of drug-likeness (QED) is 0.424. The SMILES string of the molecule is COC(=O)[C@@H](Cc1c[nH]c2ccccc12)NC(=O)c1ccc(S(=O)(=O)N2CCNC(=O)C2)cc1. The maximum absolute atomic E-state index is 12.8. The Balaban J connectivity index is 1.49. The summed E-state index contributed by atoms with van der Waals surface area (Å²) in [6.45, 7) is 0.161. The van der Waals surface area contributed by atoms with Gasteiger partial charge in [-0.2, -0.15) is 4.31 Å². The molecular formula is C23H24N4O6S. The Morgan fingerprint density at radius 3 is 2.59 bits per heavy atom. The number of nitrogens with one attached hydrogen (secondary N) is 3. The molecule has 1 aromatic heterocycles. The molecule has 2 amide bonds. The zero-order valence-electron chi connectivity index (χ0n) is 18.4. The van der Waals surface area contributed by atoms with Gasteiger partial charge in [0.05, 0.1) is 18.6 Å². The summed E-state index contributed by atoms with van der Waals surface area (Å²) in [6, 6.07) is 12.0. The molecule has 0 unspecified atom stereocenters. The summed E-state index contributed by atoms with van der Waals surface area (Å²) >= 11 is 0. The predicted octanol–water partition coefficient (Wildman–Crippen LogP) is 0.803. The number of methoxy groups -OCH3 is 1. The Morgan fingerprint density at radius 1 is 1.15 bits per heavy atom. The van der Waals surface area contributed by atoms with Crippen LogP contribution in [0.5, 0.6) is 0 Å². The molecule has 3 N–H and O–H groups in total. The monoisotopic (exact) mass is 484 g/mol. The van der Waals surface area contributed by atoms with E-state index in [1.807, 2.05) is 24.3 Å². The third-order valence-electron chi connectivity index (χ3n) is 5.65. The van der Waals surface area contributed by atoms with Crippen molar-refractivity contribution in [2.75, 3.05) is 26.7 Å². The number of amides is 2. The second kappa shape index (κ2) is 9.65. The van der Waals surface area contributed by atoms with E-state index in [0.717, 1.165) is 20.8 Å². The van der Waals surface area contributed by atoms with E-state index < -0.39 is 27.9 Å². The number of aromatic nitrogens is 1. The van der Waals surface area contributed by atoms with Crippen LogP contribution in [0.2, 0.25) is 0 Å². The first kappa shape index (κ1) is 23.5. The fourth-order valence-electron chi connectivity index (χ4n) is 3.85. The van der Waals surface area contributed by atoms with Crippen molar-refractivity contribution >= 4 is 38.7 Å². The number of rotatable bonds is 7. The van der Waals surface area contributed by atoms with Crippen molar-refractivity contribution < 1.29 is 27.5 Å². The van der Waals surface area contributed by atoms with Crippen molar-refractivity contribution in [3.8, 4) is 0 Å². The summed E-state index contributed by atoms with van der Waals surface area (Å²) in [5.74, 6) is -1.51. The molecule has 0 saturated carbocycles. The van der Waals surface area contributed by atoms with Gasteiger partial charge in [-0.05, 0) is 35.9 Å². The Bertz CT molecular complexity index is 1330. The first-order valence-corrected chi connectivity index (χ1v) is 12.0. The lowest BCUT2D eigenvalue weighted by Gasteiger charge is -2.25. The van der Waals surface area contributed by atoms with E-state index in [-0.39, 0.29) is 42.4 Å². The molecule has 1 aliphatic heterocycles. The first-order valence-electron chi connectivity index (χ1n) is 10.6. The lowest BCUT2D eigenvalue weighted by Crippen LogP contribution is -2.49. The molecule has 1 aliphatic rings. The fraction of sp³-hybridized carbons (Fsp3) is 0.261. The highest BCUT2D eigenvalue weighted by molar-refractivity contribution is 7.89. The fourth-order valence-corrected chi connectivity index (χ4v) is 5.24. The smallest absolute Gasteiger partial charge is 0.328 e. The zero-order valence-corrected chi connectivity index (χ0v) is 19.2. The van der Waals surface area contributed by atoms with Gasteiger partial charge in [-0.15, -0.1) is 0 Å². The summed E-state index contributed by atoms with van der Waals surface area (Å²) in [6.07, 6.45) is 2.00. The van der Waals surface area contributed by atoms with Crippen LogP contribution < -0.4 is 10.6 Å². The highest BCUT2D eigenvalue weighted by Gasteiger charge is 2.29. The molecule has 10 nitrogen and oxygen atoms in total. The Morgan fingerprint density at radius 2 is 1.88 bits per heavy atom. The van der Waals surface area contributed by atoms with E-state index in [1.54, 1.807) is 6.20 Å². The van der Waals surface area contributed by atoms with Gasteiger partial charge < -0.3 is 20.4 Å². The number of carbonyl (C=O) groups is 3. The Hall–Kier alpha value is -3.70. The molecule has 1 saturated heterocycles. The van der Waals surface area contributed by atoms with Crippen molar-refractivity contribution in [1.82, 2.24) is 19.9 Å². The number of H-pyrrole nitrogens is 1. The number of fused-ring (bicyclic) bond motifs is 1. The number of para-hydroxylation sites is 1. The standard InChI is InChI=1S/C23H24N4O6S/c1-33-23(30)20(12-16-13-25-19-5-3-2-4-18(16)19)26-22(29)15-6-8-17(9-7-15)34(31,32)27-11-10-24-21(28)14-27/h2-9,13,20,25H,10-12,14H2,1H3,(H,24,28)(H,26,29)/t20-/m1/s1. The number of piperazine rings is 1. The van der Waals surface area contributed by atoms with Gasteiger partial charge in [-0.3, -0.25) is 9.59 Å². The third-order valence-corrected chi connectivity index (χ3v) is 7.51.